The van der Waals surface area contributed by atoms with Crippen LogP contribution in [0.2, 0.25) is 0 Å². The van der Waals surface area contributed by atoms with Gasteiger partial charge in [-0.25, -0.2) is 0 Å². The van der Waals surface area contributed by atoms with Gasteiger partial charge in [0.2, 0.25) is 0 Å². The van der Waals surface area contributed by atoms with Crippen LogP contribution in [0, 0.1) is 5.92 Å². The maximum Gasteiger partial charge on any atom is 0.307 e. The molecule has 3 rings (SSSR count). The fourth-order valence-electron chi connectivity index (χ4n) is 3.85. The number of nitrogens with zero attached hydrogens (tertiary/aromatic N) is 1. The van der Waals surface area contributed by atoms with E-state index in [9.17, 15) is 9.90 Å². The average molecular weight is 245 g/mol. The van der Waals surface area contributed by atoms with E-state index >= 15 is 0 Å². The van der Waals surface area contributed by atoms with Crippen molar-refractivity contribution < 1.29 is 9.90 Å². The second kappa shape index (κ2) is 4.39. The molecule has 2 aliphatic rings. The third kappa shape index (κ3) is 1.74. The molecule has 2 heterocycles. The van der Waals surface area contributed by atoms with Gasteiger partial charge in [0.1, 0.15) is 0 Å². The summed E-state index contributed by atoms with van der Waals surface area (Å²) < 4.78 is 0. The summed E-state index contributed by atoms with van der Waals surface area (Å²) in [6.45, 7) is 0. The van der Waals surface area contributed by atoms with Crippen LogP contribution in [0.15, 0.2) is 30.3 Å². The number of piperidine rings is 1. The lowest BCUT2D eigenvalue weighted by Gasteiger charge is -2.41. The predicted molar refractivity (Wildman–Crippen MR) is 69.5 cm³/mol. The minimum atomic E-state index is -0.631. The molecule has 4 atom stereocenters. The number of aliphatic carboxylic acids is 1. The van der Waals surface area contributed by atoms with Crippen molar-refractivity contribution in [2.45, 2.75) is 37.3 Å². The van der Waals surface area contributed by atoms with Gasteiger partial charge >= 0.3 is 5.97 Å². The van der Waals surface area contributed by atoms with Crippen LogP contribution < -0.4 is 0 Å². The summed E-state index contributed by atoms with van der Waals surface area (Å²) in [6, 6.07) is 11.0. The van der Waals surface area contributed by atoms with Gasteiger partial charge in [-0.15, -0.1) is 0 Å². The zero-order chi connectivity index (χ0) is 12.7. The summed E-state index contributed by atoms with van der Waals surface area (Å²) >= 11 is 0. The molecular weight excluding hydrogens is 226 g/mol. The molecule has 2 aliphatic heterocycles. The predicted octanol–water partition coefficient (Wildman–Crippen LogP) is 2.34. The molecule has 1 N–H and O–H groups in total. The lowest BCUT2D eigenvalue weighted by molar-refractivity contribution is -0.145. The van der Waals surface area contributed by atoms with E-state index in [1.807, 2.05) is 18.2 Å². The van der Waals surface area contributed by atoms with Crippen LogP contribution in [0.4, 0.5) is 0 Å². The second-order valence-electron chi connectivity index (χ2n) is 5.58. The van der Waals surface area contributed by atoms with Gasteiger partial charge < -0.3 is 5.11 Å². The Labute approximate surface area is 107 Å². The number of carboxylic acid groups (broad SMARTS) is 1. The first kappa shape index (κ1) is 11.7. The van der Waals surface area contributed by atoms with Gasteiger partial charge in [0.05, 0.1) is 5.92 Å². The number of carbonyl (C=O) groups is 1. The van der Waals surface area contributed by atoms with E-state index in [0.717, 1.165) is 19.3 Å². The molecule has 0 unspecified atom stereocenters. The summed E-state index contributed by atoms with van der Waals surface area (Å²) in [4.78, 5) is 13.9. The fraction of sp³-hybridized carbons (Fsp3) is 0.533. The summed E-state index contributed by atoms with van der Waals surface area (Å²) in [5.74, 6) is -0.706. The van der Waals surface area contributed by atoms with E-state index < -0.39 is 5.97 Å². The molecule has 3 nitrogen and oxygen atoms in total. The average Bonchev–Trinajstić information content (AvgIpc) is 2.63. The molecule has 0 aliphatic carbocycles. The van der Waals surface area contributed by atoms with Crippen LogP contribution in [-0.4, -0.2) is 35.1 Å². The van der Waals surface area contributed by atoms with Gasteiger partial charge in [-0.2, -0.15) is 0 Å². The first-order chi connectivity index (χ1) is 8.68. The highest BCUT2D eigenvalue weighted by Crippen LogP contribution is 2.46. The van der Waals surface area contributed by atoms with Crippen molar-refractivity contribution in [1.82, 2.24) is 4.90 Å². The minimum Gasteiger partial charge on any atom is -0.481 e. The van der Waals surface area contributed by atoms with Crippen LogP contribution in [0.1, 0.15) is 30.7 Å². The normalized spacial score (nSPS) is 35.6. The molecule has 0 aromatic heterocycles. The van der Waals surface area contributed by atoms with E-state index in [2.05, 4.69) is 24.1 Å². The van der Waals surface area contributed by atoms with Crippen LogP contribution in [0.25, 0.3) is 0 Å². The lowest BCUT2D eigenvalue weighted by Crippen LogP contribution is -2.47. The molecule has 2 saturated heterocycles. The van der Waals surface area contributed by atoms with E-state index in [4.69, 9.17) is 0 Å². The Morgan fingerprint density at radius 3 is 2.67 bits per heavy atom. The SMILES string of the molecule is CN1[C@H]2CC[C@@H]1[C@@H](c1ccccc1)[C@H](C(=O)O)C2. The lowest BCUT2D eigenvalue weighted by atomic mass is 9.76. The minimum absolute atomic E-state index is 0.146. The standard InChI is InChI=1S/C15H19NO2/c1-16-11-7-8-13(16)14(12(9-11)15(17)18)10-5-3-2-4-6-10/h2-6,11-14H,7-9H2,1H3,(H,17,18)/t11-,12+,13+,14-/m0/s1. The van der Waals surface area contributed by atoms with Crippen molar-refractivity contribution in [3.05, 3.63) is 35.9 Å². The summed E-state index contributed by atoms with van der Waals surface area (Å²) in [5.41, 5.74) is 1.18. The molecule has 18 heavy (non-hydrogen) atoms. The molecule has 2 fully saturated rings. The third-order valence-electron chi connectivity index (χ3n) is 4.77. The van der Waals surface area contributed by atoms with Crippen molar-refractivity contribution in [3.63, 3.8) is 0 Å². The molecular formula is C15H19NO2. The maximum absolute atomic E-state index is 11.5. The number of hydrogen-bond acceptors (Lipinski definition) is 2. The van der Waals surface area contributed by atoms with Crippen LogP contribution in [-0.2, 0) is 4.79 Å². The van der Waals surface area contributed by atoms with Gasteiger partial charge in [0.15, 0.2) is 0 Å². The van der Waals surface area contributed by atoms with Gasteiger partial charge in [-0.05, 0) is 31.9 Å². The van der Waals surface area contributed by atoms with Gasteiger partial charge in [-0.1, -0.05) is 30.3 Å². The molecule has 0 spiro atoms. The van der Waals surface area contributed by atoms with Crippen molar-refractivity contribution in [2.75, 3.05) is 7.05 Å². The van der Waals surface area contributed by atoms with Crippen LogP contribution in [0.3, 0.4) is 0 Å². The van der Waals surface area contributed by atoms with Crippen LogP contribution >= 0.6 is 0 Å². The summed E-state index contributed by atoms with van der Waals surface area (Å²) in [5, 5.41) is 9.50. The number of carboxylic acids is 1. The second-order valence-corrected chi connectivity index (χ2v) is 5.58. The zero-order valence-corrected chi connectivity index (χ0v) is 10.6. The first-order valence-electron chi connectivity index (χ1n) is 6.68. The highest BCUT2D eigenvalue weighted by atomic mass is 16.4. The molecule has 1 aromatic rings. The number of hydrogen-bond donors (Lipinski definition) is 1. The molecule has 0 saturated carbocycles. The Morgan fingerprint density at radius 2 is 2.00 bits per heavy atom. The largest absolute Gasteiger partial charge is 0.481 e. The summed E-state index contributed by atoms with van der Waals surface area (Å²) in [6.07, 6.45) is 3.07. The molecule has 1 aromatic carbocycles. The number of rotatable bonds is 2. The van der Waals surface area contributed by atoms with Crippen molar-refractivity contribution in [1.29, 1.82) is 0 Å². The van der Waals surface area contributed by atoms with E-state index in [1.165, 1.54) is 5.56 Å². The Morgan fingerprint density at radius 1 is 1.28 bits per heavy atom. The van der Waals surface area contributed by atoms with Gasteiger partial charge in [0.25, 0.3) is 0 Å². The van der Waals surface area contributed by atoms with E-state index in [0.29, 0.717) is 12.1 Å². The number of benzene rings is 1. The monoisotopic (exact) mass is 245 g/mol. The maximum atomic E-state index is 11.5. The number of likely N-dealkylation sites (N-methyl/N-ethyl adjacent to an activating group) is 1. The quantitative estimate of drug-likeness (QED) is 0.869. The topological polar surface area (TPSA) is 40.5 Å². The first-order valence-corrected chi connectivity index (χ1v) is 6.68. The Balaban J connectivity index is 1.99. The van der Waals surface area contributed by atoms with E-state index in [1.54, 1.807) is 0 Å². The number of fused-ring (bicyclic) bond motifs is 2. The van der Waals surface area contributed by atoms with Crippen molar-refractivity contribution >= 4 is 5.97 Å². The molecule has 3 heteroatoms. The van der Waals surface area contributed by atoms with Crippen molar-refractivity contribution in [3.8, 4) is 0 Å². The van der Waals surface area contributed by atoms with Gasteiger partial charge in [-0.3, -0.25) is 9.69 Å². The smallest absolute Gasteiger partial charge is 0.307 e. The van der Waals surface area contributed by atoms with E-state index in [-0.39, 0.29) is 11.8 Å². The fourth-order valence-corrected chi connectivity index (χ4v) is 3.85. The van der Waals surface area contributed by atoms with Crippen LogP contribution in [0.5, 0.6) is 0 Å². The third-order valence-corrected chi connectivity index (χ3v) is 4.77. The summed E-state index contributed by atoms with van der Waals surface area (Å²) in [7, 11) is 2.15. The highest BCUT2D eigenvalue weighted by Gasteiger charge is 2.48. The Bertz CT molecular complexity index is 445. The highest BCUT2D eigenvalue weighted by molar-refractivity contribution is 5.72. The zero-order valence-electron chi connectivity index (χ0n) is 10.6. The Hall–Kier alpha value is -1.35. The molecule has 2 bridgehead atoms. The van der Waals surface area contributed by atoms with Crippen molar-refractivity contribution in [2.24, 2.45) is 5.92 Å². The molecule has 0 amide bonds. The molecule has 96 valence electrons. The van der Waals surface area contributed by atoms with Gasteiger partial charge in [0, 0.05) is 18.0 Å². The Kier molecular flexibility index (Phi) is 2.86. The molecule has 0 radical (unpaired) electrons.